The molecule has 28 heavy (non-hydrogen) atoms. The molecule has 2 N–H and O–H groups in total. The van der Waals surface area contributed by atoms with Crippen LogP contribution in [-0.4, -0.2) is 35.3 Å². The second-order valence-corrected chi connectivity index (χ2v) is 16.4. The van der Waals surface area contributed by atoms with Crippen LogP contribution < -0.4 is 15.6 Å². The number of benzene rings is 3. The predicted molar refractivity (Wildman–Crippen MR) is 120 cm³/mol. The van der Waals surface area contributed by atoms with E-state index in [4.69, 9.17) is 8.23 Å². The van der Waals surface area contributed by atoms with Crippen LogP contribution in [0.15, 0.2) is 91.0 Å². The molecule has 0 saturated heterocycles. The SMILES string of the molecule is C[Si](O)(O[Si](C)(O[Si](C)(O)c1ccccc1)c1ccccc1)c1ccccc1. The molecule has 0 aliphatic heterocycles. The second-order valence-electron chi connectivity index (χ2n) is 7.21. The van der Waals surface area contributed by atoms with Gasteiger partial charge in [0.1, 0.15) is 0 Å². The average Bonchev–Trinajstić information content (AvgIpc) is 2.69. The predicted octanol–water partition coefficient (Wildman–Crippen LogP) is 1.94. The minimum atomic E-state index is -3.25. The average molecular weight is 427 g/mol. The number of hydrogen-bond donors (Lipinski definition) is 2. The van der Waals surface area contributed by atoms with Crippen molar-refractivity contribution in [3.8, 4) is 0 Å². The summed E-state index contributed by atoms with van der Waals surface area (Å²) in [5.41, 5.74) is 0. The molecule has 0 radical (unpaired) electrons. The molecule has 0 heterocycles. The van der Waals surface area contributed by atoms with Gasteiger partial charge in [-0.25, -0.2) is 0 Å². The summed E-state index contributed by atoms with van der Waals surface area (Å²) in [5.74, 6) is 0. The van der Waals surface area contributed by atoms with Crippen molar-refractivity contribution >= 4 is 41.2 Å². The first-order valence-corrected chi connectivity index (χ1v) is 16.3. The molecule has 0 fully saturated rings. The van der Waals surface area contributed by atoms with Gasteiger partial charge in [0.2, 0.25) is 0 Å². The van der Waals surface area contributed by atoms with E-state index in [2.05, 4.69) is 0 Å². The van der Waals surface area contributed by atoms with Crippen LogP contribution in [0.1, 0.15) is 0 Å². The molecule has 3 aromatic carbocycles. The Labute approximate surface area is 169 Å². The Morgan fingerprint density at radius 3 is 1.11 bits per heavy atom. The first-order chi connectivity index (χ1) is 13.2. The van der Waals surface area contributed by atoms with E-state index in [0.717, 1.165) is 15.6 Å². The first kappa shape index (κ1) is 20.9. The molecule has 0 aliphatic rings. The smallest absolute Gasteiger partial charge is 0.358 e. The lowest BCUT2D eigenvalue weighted by Gasteiger charge is -2.38. The van der Waals surface area contributed by atoms with Gasteiger partial charge < -0.3 is 17.8 Å². The van der Waals surface area contributed by atoms with Gasteiger partial charge >= 0.3 is 25.7 Å². The van der Waals surface area contributed by atoms with Crippen molar-refractivity contribution in [2.24, 2.45) is 0 Å². The van der Waals surface area contributed by atoms with Crippen LogP contribution in [-0.2, 0) is 8.23 Å². The van der Waals surface area contributed by atoms with Crippen LogP contribution in [0.4, 0.5) is 0 Å². The minimum absolute atomic E-state index is 0.772. The lowest BCUT2D eigenvalue weighted by molar-refractivity contribution is 0.307. The van der Waals surface area contributed by atoms with Crippen LogP contribution in [0.25, 0.3) is 0 Å². The Morgan fingerprint density at radius 1 is 0.500 bits per heavy atom. The summed E-state index contributed by atoms with van der Waals surface area (Å²) >= 11 is 0. The highest BCUT2D eigenvalue weighted by molar-refractivity contribution is 6.97. The van der Waals surface area contributed by atoms with Crippen molar-refractivity contribution in [1.29, 1.82) is 0 Å². The Kier molecular flexibility index (Phi) is 6.16. The zero-order chi connectivity index (χ0) is 20.3. The van der Waals surface area contributed by atoms with Crippen LogP contribution in [0, 0.1) is 0 Å². The third-order valence-electron chi connectivity index (χ3n) is 4.70. The fraction of sp³-hybridized carbons (Fsp3) is 0.143. The van der Waals surface area contributed by atoms with E-state index < -0.39 is 25.7 Å². The summed E-state index contributed by atoms with van der Waals surface area (Å²) < 4.78 is 12.9. The Bertz CT molecular complexity index is 834. The molecule has 0 aliphatic carbocycles. The molecule has 7 heteroatoms. The van der Waals surface area contributed by atoms with E-state index in [1.807, 2.05) is 97.5 Å². The highest BCUT2D eigenvalue weighted by atomic mass is 28.5. The van der Waals surface area contributed by atoms with Crippen molar-refractivity contribution in [3.05, 3.63) is 91.0 Å². The Morgan fingerprint density at radius 2 is 0.786 bits per heavy atom. The largest absolute Gasteiger partial charge is 0.409 e. The molecule has 0 spiro atoms. The lowest BCUT2D eigenvalue weighted by Crippen LogP contribution is -2.67. The summed E-state index contributed by atoms with van der Waals surface area (Å²) in [6.07, 6.45) is 0. The normalized spacial score (nSPS) is 17.9. The van der Waals surface area contributed by atoms with Crippen LogP contribution in [0.2, 0.25) is 19.6 Å². The van der Waals surface area contributed by atoms with Gasteiger partial charge in [0.05, 0.1) is 0 Å². The first-order valence-electron chi connectivity index (χ1n) is 9.25. The standard InChI is InChI=1S/C21H26O4Si3/c1-26(22,19-13-7-4-8-14-19)24-28(3,21-17-11-6-12-18-21)25-27(2,23)20-15-9-5-10-16-20/h4-18,22-23H,1-3H3. The Balaban J connectivity index is 1.99. The fourth-order valence-electron chi connectivity index (χ4n) is 3.25. The van der Waals surface area contributed by atoms with Gasteiger partial charge in [-0.15, -0.1) is 0 Å². The van der Waals surface area contributed by atoms with Gasteiger partial charge in [0.25, 0.3) is 0 Å². The molecule has 3 rings (SSSR count). The monoisotopic (exact) mass is 426 g/mol. The highest BCUT2D eigenvalue weighted by Gasteiger charge is 2.49. The summed E-state index contributed by atoms with van der Waals surface area (Å²) in [6.45, 7) is 5.40. The van der Waals surface area contributed by atoms with Crippen LogP contribution >= 0.6 is 0 Å². The lowest BCUT2D eigenvalue weighted by atomic mass is 10.4. The van der Waals surface area contributed by atoms with Crippen molar-refractivity contribution in [3.63, 3.8) is 0 Å². The summed E-state index contributed by atoms with van der Waals surface area (Å²) in [7, 11) is -9.64. The zero-order valence-electron chi connectivity index (χ0n) is 16.4. The van der Waals surface area contributed by atoms with E-state index in [0.29, 0.717) is 0 Å². The van der Waals surface area contributed by atoms with Crippen LogP contribution in [0.5, 0.6) is 0 Å². The second kappa shape index (κ2) is 8.26. The van der Waals surface area contributed by atoms with E-state index in [1.165, 1.54) is 0 Å². The molecule has 146 valence electrons. The molecular weight excluding hydrogens is 400 g/mol. The molecule has 3 aromatic rings. The molecule has 0 aromatic heterocycles. The number of rotatable bonds is 7. The van der Waals surface area contributed by atoms with Gasteiger partial charge in [-0.1, -0.05) is 91.0 Å². The maximum atomic E-state index is 11.3. The fourth-order valence-corrected chi connectivity index (χ4v) is 14.2. The van der Waals surface area contributed by atoms with Gasteiger partial charge in [-0.05, 0) is 35.2 Å². The van der Waals surface area contributed by atoms with Gasteiger partial charge in [0.15, 0.2) is 0 Å². The number of hydrogen-bond acceptors (Lipinski definition) is 4. The van der Waals surface area contributed by atoms with Crippen molar-refractivity contribution < 1.29 is 17.8 Å². The van der Waals surface area contributed by atoms with Gasteiger partial charge in [-0.2, -0.15) is 0 Å². The van der Waals surface area contributed by atoms with E-state index in [9.17, 15) is 9.59 Å². The summed E-state index contributed by atoms with van der Waals surface area (Å²) in [6, 6.07) is 28.5. The zero-order valence-corrected chi connectivity index (χ0v) is 19.4. The summed E-state index contributed by atoms with van der Waals surface area (Å²) in [4.78, 5) is 22.5. The quantitative estimate of drug-likeness (QED) is 0.567. The molecule has 2 atom stereocenters. The van der Waals surface area contributed by atoms with E-state index in [1.54, 1.807) is 13.1 Å². The maximum absolute atomic E-state index is 11.3. The van der Waals surface area contributed by atoms with Crippen molar-refractivity contribution in [1.82, 2.24) is 0 Å². The van der Waals surface area contributed by atoms with Crippen LogP contribution in [0.3, 0.4) is 0 Å². The molecule has 2 unspecified atom stereocenters. The molecular formula is C21H26O4Si3. The maximum Gasteiger partial charge on any atom is 0.358 e. The molecule has 0 saturated carbocycles. The van der Waals surface area contributed by atoms with E-state index >= 15 is 0 Å². The van der Waals surface area contributed by atoms with Crippen molar-refractivity contribution in [2.75, 3.05) is 0 Å². The van der Waals surface area contributed by atoms with E-state index in [-0.39, 0.29) is 0 Å². The molecule has 0 bridgehead atoms. The third kappa shape index (κ3) is 4.76. The van der Waals surface area contributed by atoms with Gasteiger partial charge in [-0.3, -0.25) is 0 Å². The Hall–Kier alpha value is -1.85. The summed E-state index contributed by atoms with van der Waals surface area (Å²) in [5, 5.41) is 2.42. The van der Waals surface area contributed by atoms with Crippen molar-refractivity contribution in [2.45, 2.75) is 19.6 Å². The highest BCUT2D eigenvalue weighted by Crippen LogP contribution is 2.19. The van der Waals surface area contributed by atoms with Gasteiger partial charge in [0, 0.05) is 0 Å². The topological polar surface area (TPSA) is 58.9 Å². The third-order valence-corrected chi connectivity index (χ3v) is 15.2. The molecule has 0 amide bonds. The molecule has 4 nitrogen and oxygen atoms in total. The minimum Gasteiger partial charge on any atom is -0.409 e.